The molecule has 2 nitrogen and oxygen atoms in total. The fourth-order valence-corrected chi connectivity index (χ4v) is 4.06. The van der Waals surface area contributed by atoms with Crippen molar-refractivity contribution >= 4 is 0 Å². The number of hydrogen-bond acceptors (Lipinski definition) is 2. The van der Waals surface area contributed by atoms with Crippen molar-refractivity contribution in [2.24, 2.45) is 17.6 Å². The third kappa shape index (κ3) is 2.70. The Balaban J connectivity index is 1.71. The van der Waals surface area contributed by atoms with Crippen LogP contribution in [-0.4, -0.2) is 17.5 Å². The largest absolute Gasteiger partial charge is 0.329 e. The summed E-state index contributed by atoms with van der Waals surface area (Å²) in [5.41, 5.74) is 9.13. The lowest BCUT2D eigenvalue weighted by Gasteiger charge is -2.37. The highest BCUT2D eigenvalue weighted by molar-refractivity contribution is 5.30. The number of fused-ring (bicyclic) bond motifs is 1. The van der Waals surface area contributed by atoms with Gasteiger partial charge >= 0.3 is 0 Å². The molecule has 0 amide bonds. The average Bonchev–Trinajstić information content (AvgIpc) is 2.83. The molecule has 0 radical (unpaired) electrons. The Morgan fingerprint density at radius 2 is 1.89 bits per heavy atom. The highest BCUT2D eigenvalue weighted by Gasteiger charge is 2.32. The van der Waals surface area contributed by atoms with Crippen LogP contribution in [0.4, 0.5) is 0 Å². The van der Waals surface area contributed by atoms with Crippen molar-refractivity contribution in [3.8, 4) is 0 Å². The van der Waals surface area contributed by atoms with Crippen LogP contribution in [0.15, 0.2) is 24.3 Å². The van der Waals surface area contributed by atoms with Crippen molar-refractivity contribution < 1.29 is 0 Å². The number of rotatable bonds is 3. The molecule has 2 N–H and O–H groups in total. The van der Waals surface area contributed by atoms with Crippen molar-refractivity contribution in [1.82, 2.24) is 4.90 Å². The molecule has 3 rings (SSSR count). The minimum atomic E-state index is 0.579. The van der Waals surface area contributed by atoms with E-state index in [0.717, 1.165) is 31.5 Å². The maximum Gasteiger partial charge on any atom is 0.0253 e. The van der Waals surface area contributed by atoms with Gasteiger partial charge in [0.2, 0.25) is 0 Å². The zero-order valence-electron chi connectivity index (χ0n) is 12.0. The van der Waals surface area contributed by atoms with E-state index < -0.39 is 0 Å². The second-order valence-electron chi connectivity index (χ2n) is 6.51. The number of hydrogen-bond donors (Lipinski definition) is 1. The van der Waals surface area contributed by atoms with Crippen molar-refractivity contribution in [2.75, 3.05) is 6.54 Å². The van der Waals surface area contributed by atoms with Gasteiger partial charge in [-0.1, -0.05) is 44.0 Å². The molecular weight excluding hydrogens is 232 g/mol. The Morgan fingerprint density at radius 3 is 2.47 bits per heavy atom. The van der Waals surface area contributed by atoms with Crippen LogP contribution in [0.3, 0.4) is 0 Å². The van der Waals surface area contributed by atoms with E-state index >= 15 is 0 Å². The first kappa shape index (κ1) is 13.1. The molecule has 3 unspecified atom stereocenters. The average molecular weight is 258 g/mol. The van der Waals surface area contributed by atoms with Gasteiger partial charge in [-0.05, 0) is 35.8 Å². The van der Waals surface area contributed by atoms with Crippen LogP contribution in [0.5, 0.6) is 0 Å². The van der Waals surface area contributed by atoms with Gasteiger partial charge in [-0.15, -0.1) is 0 Å². The molecule has 1 fully saturated rings. The molecule has 2 heteroatoms. The Bertz CT molecular complexity index is 404. The van der Waals surface area contributed by atoms with E-state index in [1.165, 1.54) is 36.8 Å². The molecule has 1 saturated carbocycles. The topological polar surface area (TPSA) is 29.3 Å². The zero-order chi connectivity index (χ0) is 13.2. The van der Waals surface area contributed by atoms with Gasteiger partial charge < -0.3 is 5.73 Å². The predicted molar refractivity (Wildman–Crippen MR) is 79.7 cm³/mol. The predicted octanol–water partition coefficient (Wildman–Crippen LogP) is 3.16. The van der Waals surface area contributed by atoms with E-state index in [-0.39, 0.29) is 0 Å². The molecule has 19 heavy (non-hydrogen) atoms. The summed E-state index contributed by atoms with van der Waals surface area (Å²) in [4.78, 5) is 2.62. The molecule has 0 aromatic heterocycles. The molecule has 3 atom stereocenters. The van der Waals surface area contributed by atoms with Crippen LogP contribution in [-0.2, 0) is 13.1 Å². The molecule has 1 aliphatic carbocycles. The summed E-state index contributed by atoms with van der Waals surface area (Å²) < 4.78 is 0. The Hall–Kier alpha value is -0.860. The summed E-state index contributed by atoms with van der Waals surface area (Å²) in [7, 11) is 0. The monoisotopic (exact) mass is 258 g/mol. The zero-order valence-corrected chi connectivity index (χ0v) is 12.0. The highest BCUT2D eigenvalue weighted by Crippen LogP contribution is 2.35. The Kier molecular flexibility index (Phi) is 3.90. The summed E-state index contributed by atoms with van der Waals surface area (Å²) in [6.45, 7) is 5.41. The van der Waals surface area contributed by atoms with Gasteiger partial charge in [0.1, 0.15) is 0 Å². The van der Waals surface area contributed by atoms with Crippen LogP contribution in [0.25, 0.3) is 0 Å². The molecule has 104 valence electrons. The smallest absolute Gasteiger partial charge is 0.0253 e. The van der Waals surface area contributed by atoms with Crippen LogP contribution in [0.2, 0.25) is 0 Å². The van der Waals surface area contributed by atoms with E-state index in [0.29, 0.717) is 6.04 Å². The first-order valence-corrected chi connectivity index (χ1v) is 7.79. The van der Waals surface area contributed by atoms with E-state index in [2.05, 4.69) is 36.1 Å². The molecule has 1 heterocycles. The van der Waals surface area contributed by atoms with Gasteiger partial charge in [0.25, 0.3) is 0 Å². The summed E-state index contributed by atoms with van der Waals surface area (Å²) in [6.07, 6.45) is 5.55. The van der Waals surface area contributed by atoms with Gasteiger partial charge in [-0.3, -0.25) is 4.90 Å². The molecule has 2 aliphatic rings. The van der Waals surface area contributed by atoms with Gasteiger partial charge in [0.05, 0.1) is 0 Å². The lowest BCUT2D eigenvalue weighted by molar-refractivity contribution is 0.106. The first-order valence-electron chi connectivity index (χ1n) is 7.79. The summed E-state index contributed by atoms with van der Waals surface area (Å²) in [5, 5.41) is 0. The highest BCUT2D eigenvalue weighted by atomic mass is 15.2. The van der Waals surface area contributed by atoms with Gasteiger partial charge in [0.15, 0.2) is 0 Å². The lowest BCUT2D eigenvalue weighted by atomic mass is 9.78. The number of nitrogens with zero attached hydrogens (tertiary/aromatic N) is 1. The summed E-state index contributed by atoms with van der Waals surface area (Å²) in [5.74, 6) is 1.70. The van der Waals surface area contributed by atoms with E-state index in [4.69, 9.17) is 5.73 Å². The standard InChI is InChI=1S/C17H26N2/c1-13-5-4-8-14(9-13)17(10-18)19-11-15-6-2-3-7-16(15)12-19/h2-3,6-7,13-14,17H,4-5,8-12,18H2,1H3. The fraction of sp³-hybridized carbons (Fsp3) is 0.647. The third-order valence-corrected chi connectivity index (χ3v) is 5.10. The first-order chi connectivity index (χ1) is 9.28. The summed E-state index contributed by atoms with van der Waals surface area (Å²) >= 11 is 0. The van der Waals surface area contributed by atoms with E-state index in [9.17, 15) is 0 Å². The minimum absolute atomic E-state index is 0.579. The molecule has 1 aromatic rings. The van der Waals surface area contributed by atoms with E-state index in [1.807, 2.05) is 0 Å². The SMILES string of the molecule is CC1CCCC(C(CN)N2Cc3ccccc3C2)C1. The maximum absolute atomic E-state index is 6.12. The quantitative estimate of drug-likeness (QED) is 0.902. The van der Waals surface area contributed by atoms with Gasteiger partial charge in [-0.25, -0.2) is 0 Å². The molecule has 0 spiro atoms. The molecule has 1 aromatic carbocycles. The van der Waals surface area contributed by atoms with E-state index in [1.54, 1.807) is 0 Å². The van der Waals surface area contributed by atoms with Crippen molar-refractivity contribution in [3.63, 3.8) is 0 Å². The van der Waals surface area contributed by atoms with Crippen LogP contribution < -0.4 is 5.73 Å². The van der Waals surface area contributed by atoms with Crippen molar-refractivity contribution in [2.45, 2.75) is 51.7 Å². The lowest BCUT2D eigenvalue weighted by Crippen LogP contribution is -2.44. The second kappa shape index (κ2) is 5.64. The number of nitrogens with two attached hydrogens (primary N) is 1. The normalized spacial score (nSPS) is 29.2. The maximum atomic E-state index is 6.12. The number of benzene rings is 1. The second-order valence-corrected chi connectivity index (χ2v) is 6.51. The minimum Gasteiger partial charge on any atom is -0.329 e. The fourth-order valence-electron chi connectivity index (χ4n) is 4.06. The molecular formula is C17H26N2. The van der Waals surface area contributed by atoms with Crippen molar-refractivity contribution in [1.29, 1.82) is 0 Å². The third-order valence-electron chi connectivity index (χ3n) is 5.10. The van der Waals surface area contributed by atoms with Crippen molar-refractivity contribution in [3.05, 3.63) is 35.4 Å². The van der Waals surface area contributed by atoms with Crippen LogP contribution in [0, 0.1) is 11.8 Å². The summed E-state index contributed by atoms with van der Waals surface area (Å²) in [6, 6.07) is 9.43. The van der Waals surface area contributed by atoms with Gasteiger partial charge in [-0.2, -0.15) is 0 Å². The van der Waals surface area contributed by atoms with Crippen LogP contribution in [0.1, 0.15) is 43.7 Å². The Labute approximate surface area is 117 Å². The Morgan fingerprint density at radius 1 is 1.21 bits per heavy atom. The van der Waals surface area contributed by atoms with Gasteiger partial charge in [0, 0.05) is 25.7 Å². The van der Waals surface area contributed by atoms with Crippen LogP contribution >= 0.6 is 0 Å². The molecule has 1 aliphatic heterocycles. The molecule has 0 saturated heterocycles. The molecule has 0 bridgehead atoms.